The van der Waals surface area contributed by atoms with Crippen LogP contribution in [0.1, 0.15) is 0 Å². The zero-order chi connectivity index (χ0) is 21.4. The summed E-state index contributed by atoms with van der Waals surface area (Å²) in [4.78, 5) is 14.3. The highest BCUT2D eigenvalue weighted by atomic mass is 32.2. The van der Waals surface area contributed by atoms with Gasteiger partial charge in [0.2, 0.25) is 9.84 Å². The molecule has 0 amide bonds. The topological polar surface area (TPSA) is 77.9 Å². The zero-order valence-electron chi connectivity index (χ0n) is 15.5. The molecule has 0 atom stereocenters. The SMILES string of the molecule is CN1CCN(c2ccc3c(c2)S(=O)(=O)c2ccccc2-3)CC1.O=C(O)C(F)(F)F. The fourth-order valence-electron chi connectivity index (χ4n) is 3.26. The van der Waals surface area contributed by atoms with Gasteiger partial charge in [0.1, 0.15) is 0 Å². The van der Waals surface area contributed by atoms with Crippen LogP contribution in [-0.4, -0.2) is 63.8 Å². The molecule has 0 bridgehead atoms. The molecule has 2 aliphatic rings. The van der Waals surface area contributed by atoms with E-state index in [9.17, 15) is 21.6 Å². The summed E-state index contributed by atoms with van der Waals surface area (Å²) < 4.78 is 57.2. The van der Waals surface area contributed by atoms with Crippen molar-refractivity contribution in [1.29, 1.82) is 0 Å². The molecule has 2 heterocycles. The van der Waals surface area contributed by atoms with Crippen LogP contribution >= 0.6 is 0 Å². The van der Waals surface area contributed by atoms with Crippen molar-refractivity contribution in [3.05, 3.63) is 42.5 Å². The lowest BCUT2D eigenvalue weighted by Gasteiger charge is -2.34. The molecule has 2 aliphatic heterocycles. The van der Waals surface area contributed by atoms with E-state index in [1.165, 1.54) is 0 Å². The molecule has 156 valence electrons. The molecule has 0 spiro atoms. The summed E-state index contributed by atoms with van der Waals surface area (Å²) in [6.07, 6.45) is -5.08. The van der Waals surface area contributed by atoms with E-state index in [2.05, 4.69) is 16.8 Å². The van der Waals surface area contributed by atoms with E-state index in [-0.39, 0.29) is 0 Å². The first-order valence-electron chi connectivity index (χ1n) is 8.74. The number of sulfone groups is 1. The Morgan fingerprint density at radius 1 is 0.966 bits per heavy atom. The van der Waals surface area contributed by atoms with Crippen LogP contribution in [0.25, 0.3) is 11.1 Å². The molecular formula is C19H19F3N2O4S. The summed E-state index contributed by atoms with van der Waals surface area (Å²) in [5.41, 5.74) is 2.65. The number of hydrogen-bond acceptors (Lipinski definition) is 5. The van der Waals surface area contributed by atoms with E-state index in [1.807, 2.05) is 30.3 Å². The van der Waals surface area contributed by atoms with Gasteiger partial charge in [-0.25, -0.2) is 13.2 Å². The second-order valence-corrected chi connectivity index (χ2v) is 8.66. The van der Waals surface area contributed by atoms with Crippen LogP contribution in [0.4, 0.5) is 18.9 Å². The van der Waals surface area contributed by atoms with Gasteiger partial charge in [-0.3, -0.25) is 0 Å². The minimum Gasteiger partial charge on any atom is -0.475 e. The Labute approximate surface area is 166 Å². The van der Waals surface area contributed by atoms with Gasteiger partial charge in [-0.1, -0.05) is 24.3 Å². The Hall–Kier alpha value is -2.59. The Bertz CT molecular complexity index is 1030. The number of rotatable bonds is 1. The number of carboxylic acid groups (broad SMARTS) is 1. The predicted octanol–water partition coefficient (Wildman–Crippen LogP) is 2.88. The van der Waals surface area contributed by atoms with E-state index in [0.717, 1.165) is 43.0 Å². The van der Waals surface area contributed by atoms with Crippen molar-refractivity contribution < 1.29 is 31.5 Å². The number of alkyl halides is 3. The summed E-state index contributed by atoms with van der Waals surface area (Å²) in [5, 5.41) is 7.12. The molecule has 0 aromatic heterocycles. The lowest BCUT2D eigenvalue weighted by atomic mass is 10.1. The first kappa shape index (κ1) is 21.1. The smallest absolute Gasteiger partial charge is 0.475 e. The molecule has 1 N–H and O–H groups in total. The second-order valence-electron chi connectivity index (χ2n) is 6.77. The Balaban J connectivity index is 0.000000298. The van der Waals surface area contributed by atoms with Crippen LogP contribution in [0.2, 0.25) is 0 Å². The highest BCUT2D eigenvalue weighted by Gasteiger charge is 2.38. The van der Waals surface area contributed by atoms with Crippen molar-refractivity contribution in [3.8, 4) is 11.1 Å². The van der Waals surface area contributed by atoms with Crippen LogP contribution < -0.4 is 4.90 Å². The molecule has 0 aliphatic carbocycles. The third-order valence-electron chi connectivity index (χ3n) is 4.83. The predicted molar refractivity (Wildman–Crippen MR) is 101 cm³/mol. The molecule has 0 radical (unpaired) electrons. The van der Waals surface area contributed by atoms with Crippen molar-refractivity contribution in [1.82, 2.24) is 4.90 Å². The molecule has 1 saturated heterocycles. The third kappa shape index (κ3) is 4.23. The molecular weight excluding hydrogens is 409 g/mol. The third-order valence-corrected chi connectivity index (χ3v) is 6.68. The minimum absolute atomic E-state index is 0.431. The van der Waals surface area contributed by atoms with Gasteiger partial charge in [0, 0.05) is 43.0 Å². The molecule has 4 rings (SSSR count). The molecule has 2 aromatic carbocycles. The Kier molecular flexibility index (Phi) is 5.59. The standard InChI is InChI=1S/C17H18N2O2S.C2HF3O2/c1-18-8-10-19(11-9-18)13-6-7-15-14-4-2-3-5-16(14)22(20,21)17(15)12-13;3-2(4,5)1(6)7/h2-7,12H,8-11H2,1H3;(H,6,7). The fourth-order valence-corrected chi connectivity index (χ4v) is 4.96. The van der Waals surface area contributed by atoms with Gasteiger partial charge in [0.05, 0.1) is 9.79 Å². The average molecular weight is 428 g/mol. The second kappa shape index (κ2) is 7.68. The molecule has 0 saturated carbocycles. The maximum Gasteiger partial charge on any atom is 0.490 e. The number of aliphatic carboxylic acids is 1. The van der Waals surface area contributed by atoms with E-state index in [1.54, 1.807) is 12.1 Å². The summed E-state index contributed by atoms with van der Waals surface area (Å²) in [6, 6.07) is 13.1. The Morgan fingerprint density at radius 3 is 2.10 bits per heavy atom. The van der Waals surface area contributed by atoms with Gasteiger partial charge in [-0.05, 0) is 25.2 Å². The summed E-state index contributed by atoms with van der Waals surface area (Å²) >= 11 is 0. The van der Waals surface area contributed by atoms with Gasteiger partial charge >= 0.3 is 12.1 Å². The Morgan fingerprint density at radius 2 is 1.52 bits per heavy atom. The fraction of sp³-hybridized carbons (Fsp3) is 0.316. The lowest BCUT2D eigenvalue weighted by Crippen LogP contribution is -2.44. The van der Waals surface area contributed by atoms with Crippen LogP contribution in [0, 0.1) is 0 Å². The summed E-state index contributed by atoms with van der Waals surface area (Å²) in [5.74, 6) is -2.76. The van der Waals surface area contributed by atoms with Crippen LogP contribution in [0.15, 0.2) is 52.3 Å². The van der Waals surface area contributed by atoms with Gasteiger partial charge in [0.25, 0.3) is 0 Å². The van der Waals surface area contributed by atoms with Gasteiger partial charge in [0.15, 0.2) is 0 Å². The molecule has 1 fully saturated rings. The van der Waals surface area contributed by atoms with E-state index >= 15 is 0 Å². The minimum atomic E-state index is -5.08. The highest BCUT2D eigenvalue weighted by Crippen LogP contribution is 2.44. The van der Waals surface area contributed by atoms with Crippen molar-refractivity contribution in [2.45, 2.75) is 16.0 Å². The zero-order valence-corrected chi connectivity index (χ0v) is 16.3. The lowest BCUT2D eigenvalue weighted by molar-refractivity contribution is -0.192. The first-order chi connectivity index (χ1) is 13.5. The van der Waals surface area contributed by atoms with Crippen molar-refractivity contribution >= 4 is 21.5 Å². The average Bonchev–Trinajstić information content (AvgIpc) is 2.90. The molecule has 6 nitrogen and oxygen atoms in total. The monoisotopic (exact) mass is 428 g/mol. The number of nitrogens with zero attached hydrogens (tertiary/aromatic N) is 2. The first-order valence-corrected chi connectivity index (χ1v) is 10.2. The number of anilines is 1. The highest BCUT2D eigenvalue weighted by molar-refractivity contribution is 7.92. The van der Waals surface area contributed by atoms with Crippen LogP contribution in [0.5, 0.6) is 0 Å². The number of hydrogen-bond donors (Lipinski definition) is 1. The maximum atomic E-state index is 12.7. The maximum absolute atomic E-state index is 12.7. The number of benzene rings is 2. The van der Waals surface area contributed by atoms with Crippen LogP contribution in [0.3, 0.4) is 0 Å². The number of likely N-dealkylation sites (N-methyl/N-ethyl adjacent to an activating group) is 1. The van der Waals surface area contributed by atoms with Crippen molar-refractivity contribution in [2.75, 3.05) is 38.1 Å². The van der Waals surface area contributed by atoms with Gasteiger partial charge < -0.3 is 14.9 Å². The van der Waals surface area contributed by atoms with Crippen molar-refractivity contribution in [2.24, 2.45) is 0 Å². The molecule has 29 heavy (non-hydrogen) atoms. The number of carbonyl (C=O) groups is 1. The van der Waals surface area contributed by atoms with Gasteiger partial charge in [-0.2, -0.15) is 13.2 Å². The summed E-state index contributed by atoms with van der Waals surface area (Å²) in [7, 11) is -1.26. The summed E-state index contributed by atoms with van der Waals surface area (Å²) in [6.45, 7) is 3.87. The largest absolute Gasteiger partial charge is 0.490 e. The van der Waals surface area contributed by atoms with Gasteiger partial charge in [-0.15, -0.1) is 0 Å². The normalized spacial score (nSPS) is 17.7. The van der Waals surface area contributed by atoms with Crippen molar-refractivity contribution in [3.63, 3.8) is 0 Å². The van der Waals surface area contributed by atoms with Crippen LogP contribution in [-0.2, 0) is 14.6 Å². The molecule has 2 aromatic rings. The number of fused-ring (bicyclic) bond motifs is 3. The molecule has 0 unspecified atom stereocenters. The number of halogens is 3. The van der Waals surface area contributed by atoms with E-state index < -0.39 is 22.0 Å². The quantitative estimate of drug-likeness (QED) is 0.642. The molecule has 10 heteroatoms. The van der Waals surface area contributed by atoms with E-state index in [0.29, 0.717) is 9.79 Å². The van der Waals surface area contributed by atoms with E-state index in [4.69, 9.17) is 9.90 Å². The number of carboxylic acids is 1. The number of piperazine rings is 1.